The highest BCUT2D eigenvalue weighted by Gasteiger charge is 2.27. The first-order valence-electron chi connectivity index (χ1n) is 6.76. The van der Waals surface area contributed by atoms with Crippen LogP contribution in [0.3, 0.4) is 0 Å². The molecule has 104 valence electrons. The number of nitro groups is 1. The van der Waals surface area contributed by atoms with Crippen molar-refractivity contribution in [3.63, 3.8) is 0 Å². The molecule has 1 saturated carbocycles. The fourth-order valence-electron chi connectivity index (χ4n) is 2.86. The van der Waals surface area contributed by atoms with Crippen LogP contribution >= 0.6 is 0 Å². The molecule has 0 bridgehead atoms. The van der Waals surface area contributed by atoms with Gasteiger partial charge < -0.3 is 10.6 Å². The van der Waals surface area contributed by atoms with Crippen molar-refractivity contribution in [1.29, 1.82) is 0 Å². The summed E-state index contributed by atoms with van der Waals surface area (Å²) in [6, 6.07) is 5.52. The van der Waals surface area contributed by atoms with Gasteiger partial charge in [0.15, 0.2) is 0 Å². The van der Waals surface area contributed by atoms with Gasteiger partial charge in [0.05, 0.1) is 4.92 Å². The lowest BCUT2D eigenvalue weighted by Crippen LogP contribution is -2.35. The minimum Gasteiger partial charge on any atom is -0.393 e. The number of nitro benzene ring substituents is 1. The van der Waals surface area contributed by atoms with Gasteiger partial charge in [-0.3, -0.25) is 10.1 Å². The highest BCUT2D eigenvalue weighted by atomic mass is 16.6. The molecular weight excluding hydrogens is 242 g/mol. The van der Waals surface area contributed by atoms with Gasteiger partial charge in [-0.05, 0) is 43.7 Å². The first-order chi connectivity index (χ1) is 9.00. The van der Waals surface area contributed by atoms with Gasteiger partial charge in [0.25, 0.3) is 0 Å². The average molecular weight is 263 g/mol. The van der Waals surface area contributed by atoms with E-state index in [4.69, 9.17) is 5.73 Å². The van der Waals surface area contributed by atoms with Crippen molar-refractivity contribution in [1.82, 2.24) is 0 Å². The molecule has 0 atom stereocenters. The Morgan fingerprint density at radius 3 is 2.53 bits per heavy atom. The Kier molecular flexibility index (Phi) is 3.93. The third-order valence-electron chi connectivity index (χ3n) is 4.14. The fraction of sp³-hybridized carbons (Fsp3) is 0.571. The van der Waals surface area contributed by atoms with E-state index < -0.39 is 0 Å². The van der Waals surface area contributed by atoms with Crippen LogP contribution in [0, 0.1) is 16.0 Å². The van der Waals surface area contributed by atoms with Crippen molar-refractivity contribution < 1.29 is 4.92 Å². The van der Waals surface area contributed by atoms with E-state index >= 15 is 0 Å². The van der Waals surface area contributed by atoms with E-state index in [-0.39, 0.29) is 16.3 Å². The Hall–Kier alpha value is -1.78. The molecule has 1 fully saturated rings. The van der Waals surface area contributed by atoms with E-state index in [0.717, 1.165) is 18.8 Å². The van der Waals surface area contributed by atoms with Gasteiger partial charge >= 0.3 is 5.69 Å². The van der Waals surface area contributed by atoms with E-state index in [2.05, 4.69) is 6.92 Å². The fourth-order valence-corrected chi connectivity index (χ4v) is 2.86. The zero-order chi connectivity index (χ0) is 14.0. The molecule has 0 heterocycles. The summed E-state index contributed by atoms with van der Waals surface area (Å²) in [4.78, 5) is 12.8. The molecule has 19 heavy (non-hydrogen) atoms. The normalized spacial score (nSPS) is 23.1. The molecule has 1 aliphatic rings. The monoisotopic (exact) mass is 263 g/mol. The summed E-state index contributed by atoms with van der Waals surface area (Å²) in [6.45, 7) is 2.26. The lowest BCUT2D eigenvalue weighted by Gasteiger charge is -2.34. The summed E-state index contributed by atoms with van der Waals surface area (Å²) in [5, 5.41) is 11.2. The van der Waals surface area contributed by atoms with Gasteiger partial charge in [-0.15, -0.1) is 0 Å². The summed E-state index contributed by atoms with van der Waals surface area (Å²) in [6.07, 6.45) is 4.55. The summed E-state index contributed by atoms with van der Waals surface area (Å²) in [7, 11) is 1.93. The maximum atomic E-state index is 11.2. The number of hydrogen-bond acceptors (Lipinski definition) is 4. The first kappa shape index (κ1) is 13.6. The Labute approximate surface area is 113 Å². The molecular formula is C14H21N3O2. The van der Waals surface area contributed by atoms with E-state index in [1.165, 1.54) is 12.8 Å². The molecule has 5 heteroatoms. The van der Waals surface area contributed by atoms with Crippen LogP contribution < -0.4 is 10.6 Å². The molecule has 5 nitrogen and oxygen atoms in total. The molecule has 2 rings (SSSR count). The Morgan fingerprint density at radius 1 is 1.32 bits per heavy atom. The number of hydrogen-bond donors (Lipinski definition) is 1. The van der Waals surface area contributed by atoms with Crippen LogP contribution in [0.15, 0.2) is 18.2 Å². The molecule has 0 saturated heterocycles. The second-order valence-electron chi connectivity index (χ2n) is 5.50. The third-order valence-corrected chi connectivity index (χ3v) is 4.14. The van der Waals surface area contributed by atoms with Gasteiger partial charge in [-0.1, -0.05) is 13.0 Å². The molecule has 1 aromatic rings. The standard InChI is InChI=1S/C14H21N3O2/c1-10-6-8-11(9-7-10)16(2)13-5-3-4-12(15)14(13)17(18)19/h3-5,10-11H,6-9,15H2,1-2H3. The van der Waals surface area contributed by atoms with Crippen molar-refractivity contribution in [2.75, 3.05) is 17.7 Å². The number of nitrogen functional groups attached to an aromatic ring is 1. The maximum absolute atomic E-state index is 11.2. The van der Waals surface area contributed by atoms with Crippen molar-refractivity contribution >= 4 is 17.1 Å². The molecule has 1 aromatic carbocycles. The second-order valence-corrected chi connectivity index (χ2v) is 5.50. The minimum atomic E-state index is -0.382. The van der Waals surface area contributed by atoms with Crippen molar-refractivity contribution in [2.24, 2.45) is 5.92 Å². The molecule has 0 aliphatic heterocycles. The number of anilines is 2. The number of para-hydroxylation sites is 1. The van der Waals surface area contributed by atoms with Crippen LogP contribution in [0.5, 0.6) is 0 Å². The Morgan fingerprint density at radius 2 is 1.95 bits per heavy atom. The smallest absolute Gasteiger partial charge is 0.315 e. The van der Waals surface area contributed by atoms with E-state index in [1.54, 1.807) is 18.2 Å². The highest BCUT2D eigenvalue weighted by Crippen LogP contribution is 2.36. The van der Waals surface area contributed by atoms with Gasteiger partial charge in [0.1, 0.15) is 11.4 Å². The first-order valence-corrected chi connectivity index (χ1v) is 6.76. The van der Waals surface area contributed by atoms with Crippen LogP contribution in [0.4, 0.5) is 17.1 Å². The minimum absolute atomic E-state index is 0.0311. The number of nitrogens with two attached hydrogens (primary N) is 1. The molecule has 0 unspecified atom stereocenters. The van der Waals surface area contributed by atoms with Crippen LogP contribution in [-0.4, -0.2) is 18.0 Å². The topological polar surface area (TPSA) is 72.4 Å². The molecule has 0 spiro atoms. The van der Waals surface area contributed by atoms with Gasteiger partial charge in [0, 0.05) is 13.1 Å². The van der Waals surface area contributed by atoms with Crippen molar-refractivity contribution in [2.45, 2.75) is 38.6 Å². The predicted octanol–water partition coefficient (Wildman–Crippen LogP) is 3.19. The van der Waals surface area contributed by atoms with Gasteiger partial charge in [0.2, 0.25) is 0 Å². The van der Waals surface area contributed by atoms with E-state index in [0.29, 0.717) is 11.7 Å². The number of benzene rings is 1. The van der Waals surface area contributed by atoms with Crippen LogP contribution in [0.25, 0.3) is 0 Å². The highest BCUT2D eigenvalue weighted by molar-refractivity contribution is 5.75. The van der Waals surface area contributed by atoms with Crippen LogP contribution in [0.1, 0.15) is 32.6 Å². The summed E-state index contributed by atoms with van der Waals surface area (Å²) < 4.78 is 0. The molecule has 0 radical (unpaired) electrons. The lowest BCUT2D eigenvalue weighted by atomic mass is 9.86. The summed E-state index contributed by atoms with van der Waals surface area (Å²) in [5.74, 6) is 0.764. The molecule has 2 N–H and O–H groups in total. The quantitative estimate of drug-likeness (QED) is 0.516. The molecule has 0 aromatic heterocycles. The van der Waals surface area contributed by atoms with Crippen LogP contribution in [0.2, 0.25) is 0 Å². The Bertz CT molecular complexity index is 468. The maximum Gasteiger partial charge on any atom is 0.315 e. The van der Waals surface area contributed by atoms with Gasteiger partial charge in [-0.25, -0.2) is 0 Å². The molecule has 0 amide bonds. The number of rotatable bonds is 3. The number of nitrogens with zero attached hydrogens (tertiary/aromatic N) is 2. The van der Waals surface area contributed by atoms with Crippen LogP contribution in [-0.2, 0) is 0 Å². The average Bonchev–Trinajstić information content (AvgIpc) is 2.38. The summed E-state index contributed by atoms with van der Waals surface area (Å²) in [5.41, 5.74) is 6.64. The summed E-state index contributed by atoms with van der Waals surface area (Å²) >= 11 is 0. The van der Waals surface area contributed by atoms with E-state index in [1.807, 2.05) is 11.9 Å². The van der Waals surface area contributed by atoms with Gasteiger partial charge in [-0.2, -0.15) is 0 Å². The molecule has 1 aliphatic carbocycles. The van der Waals surface area contributed by atoms with Crippen molar-refractivity contribution in [3.8, 4) is 0 Å². The predicted molar refractivity (Wildman–Crippen MR) is 77.3 cm³/mol. The zero-order valence-corrected chi connectivity index (χ0v) is 11.5. The van der Waals surface area contributed by atoms with E-state index in [9.17, 15) is 10.1 Å². The Balaban J connectivity index is 2.26. The SMILES string of the molecule is CC1CCC(N(C)c2cccc(N)c2[N+](=O)[O-])CC1. The third kappa shape index (κ3) is 2.80. The van der Waals surface area contributed by atoms with Crippen molar-refractivity contribution in [3.05, 3.63) is 28.3 Å². The zero-order valence-electron chi connectivity index (χ0n) is 11.5. The lowest BCUT2D eigenvalue weighted by molar-refractivity contribution is -0.383. The largest absolute Gasteiger partial charge is 0.393 e. The second kappa shape index (κ2) is 5.47.